The second-order valence-electron chi connectivity index (χ2n) is 4.72. The van der Waals surface area contributed by atoms with Crippen molar-refractivity contribution in [2.24, 2.45) is 0 Å². The smallest absolute Gasteiger partial charge is 0.261 e. The molecule has 0 fully saturated rings. The summed E-state index contributed by atoms with van der Waals surface area (Å²) in [4.78, 5) is 13.8. The Morgan fingerprint density at radius 1 is 1.15 bits per heavy atom. The van der Waals surface area contributed by atoms with Crippen LogP contribution in [-0.4, -0.2) is 12.5 Å². The first-order chi connectivity index (χ1) is 9.56. The lowest BCUT2D eigenvalue weighted by molar-refractivity contribution is 0.0985. The van der Waals surface area contributed by atoms with Gasteiger partial charge in [-0.25, -0.2) is 8.78 Å². The summed E-state index contributed by atoms with van der Waals surface area (Å²) in [5.74, 6) is -1.91. The molecule has 20 heavy (non-hydrogen) atoms. The molecule has 3 nitrogen and oxygen atoms in total. The zero-order valence-corrected chi connectivity index (χ0v) is 10.6. The molecular formula is C15H12F2N2O. The van der Waals surface area contributed by atoms with E-state index in [9.17, 15) is 13.6 Å². The predicted octanol–water partition coefficient (Wildman–Crippen LogP) is 2.75. The van der Waals surface area contributed by atoms with Crippen molar-refractivity contribution in [1.29, 1.82) is 0 Å². The summed E-state index contributed by atoms with van der Waals surface area (Å²) in [6.45, 7) is 0.438. The van der Waals surface area contributed by atoms with Gasteiger partial charge in [0.05, 0.1) is 5.56 Å². The van der Waals surface area contributed by atoms with E-state index in [0.29, 0.717) is 24.3 Å². The van der Waals surface area contributed by atoms with Crippen molar-refractivity contribution >= 4 is 17.3 Å². The van der Waals surface area contributed by atoms with Crippen LogP contribution in [0.3, 0.4) is 0 Å². The number of amides is 1. The quantitative estimate of drug-likeness (QED) is 0.813. The molecule has 2 N–H and O–H groups in total. The van der Waals surface area contributed by atoms with Gasteiger partial charge < -0.3 is 10.6 Å². The lowest BCUT2D eigenvalue weighted by atomic mass is 10.1. The van der Waals surface area contributed by atoms with Crippen LogP contribution in [0.25, 0.3) is 0 Å². The summed E-state index contributed by atoms with van der Waals surface area (Å²) >= 11 is 0. The first-order valence-corrected chi connectivity index (χ1v) is 6.21. The Labute approximate surface area is 114 Å². The van der Waals surface area contributed by atoms with Crippen LogP contribution in [0.15, 0.2) is 36.4 Å². The summed E-state index contributed by atoms with van der Waals surface area (Å²) in [5.41, 5.74) is 7.62. The second-order valence-corrected chi connectivity index (χ2v) is 4.72. The molecule has 0 unspecified atom stereocenters. The topological polar surface area (TPSA) is 46.3 Å². The van der Waals surface area contributed by atoms with Crippen molar-refractivity contribution in [3.63, 3.8) is 0 Å². The van der Waals surface area contributed by atoms with Gasteiger partial charge in [-0.3, -0.25) is 4.79 Å². The summed E-state index contributed by atoms with van der Waals surface area (Å²) in [7, 11) is 0. The Morgan fingerprint density at radius 2 is 1.95 bits per heavy atom. The molecule has 2 aromatic rings. The van der Waals surface area contributed by atoms with E-state index in [1.54, 1.807) is 12.1 Å². The molecule has 1 heterocycles. The molecule has 102 valence electrons. The van der Waals surface area contributed by atoms with E-state index in [-0.39, 0.29) is 5.56 Å². The van der Waals surface area contributed by atoms with Gasteiger partial charge >= 0.3 is 0 Å². The van der Waals surface area contributed by atoms with Crippen LogP contribution in [-0.2, 0) is 6.42 Å². The number of fused-ring (bicyclic) bond motifs is 1. The van der Waals surface area contributed by atoms with Crippen LogP contribution in [0.5, 0.6) is 0 Å². The standard InChI is InChI=1S/C15H12F2N2O/c16-10-2-4-13(17)12(7-10)15(20)19-6-5-9-1-3-11(18)8-14(9)19/h1-4,7-8H,5-6,18H2. The first kappa shape index (κ1) is 12.6. The van der Waals surface area contributed by atoms with Gasteiger partial charge in [-0.1, -0.05) is 6.07 Å². The highest BCUT2D eigenvalue weighted by atomic mass is 19.1. The maximum atomic E-state index is 13.7. The molecule has 5 heteroatoms. The van der Waals surface area contributed by atoms with Crippen LogP contribution >= 0.6 is 0 Å². The molecule has 0 aromatic heterocycles. The summed E-state index contributed by atoms with van der Waals surface area (Å²) in [6, 6.07) is 8.15. The summed E-state index contributed by atoms with van der Waals surface area (Å²) in [6.07, 6.45) is 0.679. The van der Waals surface area contributed by atoms with Crippen molar-refractivity contribution < 1.29 is 13.6 Å². The van der Waals surface area contributed by atoms with Crippen molar-refractivity contribution in [3.05, 3.63) is 59.2 Å². The number of hydrogen-bond acceptors (Lipinski definition) is 2. The number of benzene rings is 2. The maximum absolute atomic E-state index is 13.7. The zero-order chi connectivity index (χ0) is 14.3. The van der Waals surface area contributed by atoms with Crippen LogP contribution < -0.4 is 10.6 Å². The molecule has 1 amide bonds. The lowest BCUT2D eigenvalue weighted by Gasteiger charge is -2.18. The average molecular weight is 274 g/mol. The fourth-order valence-electron chi connectivity index (χ4n) is 2.41. The van der Waals surface area contributed by atoms with Gasteiger partial charge in [-0.05, 0) is 42.3 Å². The Kier molecular flexibility index (Phi) is 2.89. The summed E-state index contributed by atoms with van der Waals surface area (Å²) < 4.78 is 26.9. The fourth-order valence-corrected chi connectivity index (χ4v) is 2.41. The van der Waals surface area contributed by atoms with E-state index in [1.807, 2.05) is 6.07 Å². The number of hydrogen-bond donors (Lipinski definition) is 1. The molecular weight excluding hydrogens is 262 g/mol. The maximum Gasteiger partial charge on any atom is 0.261 e. The highest BCUT2D eigenvalue weighted by molar-refractivity contribution is 6.07. The van der Waals surface area contributed by atoms with E-state index in [1.165, 1.54) is 4.90 Å². The Morgan fingerprint density at radius 3 is 2.75 bits per heavy atom. The minimum atomic E-state index is -0.728. The molecule has 2 aromatic carbocycles. The molecule has 0 bridgehead atoms. The zero-order valence-electron chi connectivity index (χ0n) is 10.6. The van der Waals surface area contributed by atoms with Gasteiger partial charge in [0.2, 0.25) is 0 Å². The van der Waals surface area contributed by atoms with Crippen LogP contribution in [0, 0.1) is 11.6 Å². The van der Waals surface area contributed by atoms with Crippen LogP contribution in [0.4, 0.5) is 20.2 Å². The van der Waals surface area contributed by atoms with E-state index >= 15 is 0 Å². The van der Waals surface area contributed by atoms with Gasteiger partial charge in [-0.15, -0.1) is 0 Å². The normalized spacial score (nSPS) is 13.4. The molecule has 0 spiro atoms. The monoisotopic (exact) mass is 274 g/mol. The second kappa shape index (κ2) is 4.59. The van der Waals surface area contributed by atoms with Crippen molar-refractivity contribution in [2.75, 3.05) is 17.2 Å². The number of nitrogens with zero attached hydrogens (tertiary/aromatic N) is 1. The molecule has 1 aliphatic heterocycles. The summed E-state index contributed by atoms with van der Waals surface area (Å²) in [5, 5.41) is 0. The number of anilines is 2. The van der Waals surface area contributed by atoms with E-state index in [4.69, 9.17) is 5.73 Å². The Hall–Kier alpha value is -2.43. The highest BCUT2D eigenvalue weighted by Crippen LogP contribution is 2.31. The minimum absolute atomic E-state index is 0.264. The van der Waals surface area contributed by atoms with E-state index in [0.717, 1.165) is 23.8 Å². The number of carbonyl (C=O) groups excluding carboxylic acids is 1. The third-order valence-electron chi connectivity index (χ3n) is 3.41. The number of nitrogens with two attached hydrogens (primary N) is 1. The lowest BCUT2D eigenvalue weighted by Crippen LogP contribution is -2.29. The fraction of sp³-hybridized carbons (Fsp3) is 0.133. The van der Waals surface area contributed by atoms with Gasteiger partial charge in [0.15, 0.2) is 0 Å². The van der Waals surface area contributed by atoms with Gasteiger partial charge in [0, 0.05) is 17.9 Å². The van der Waals surface area contributed by atoms with Crippen molar-refractivity contribution in [1.82, 2.24) is 0 Å². The third-order valence-corrected chi connectivity index (χ3v) is 3.41. The number of rotatable bonds is 1. The van der Waals surface area contributed by atoms with Crippen LogP contribution in [0.1, 0.15) is 15.9 Å². The van der Waals surface area contributed by atoms with E-state index in [2.05, 4.69) is 0 Å². The SMILES string of the molecule is Nc1ccc2c(c1)N(C(=O)c1cc(F)ccc1F)CC2. The van der Waals surface area contributed by atoms with E-state index < -0.39 is 17.5 Å². The van der Waals surface area contributed by atoms with Crippen molar-refractivity contribution in [3.8, 4) is 0 Å². The molecule has 0 saturated carbocycles. The molecule has 0 aliphatic carbocycles. The Bertz CT molecular complexity index is 700. The average Bonchev–Trinajstić information content (AvgIpc) is 2.83. The number of halogens is 2. The minimum Gasteiger partial charge on any atom is -0.399 e. The number of carbonyl (C=O) groups is 1. The molecule has 0 radical (unpaired) electrons. The van der Waals surface area contributed by atoms with Gasteiger partial charge in [-0.2, -0.15) is 0 Å². The first-order valence-electron chi connectivity index (χ1n) is 6.21. The Balaban J connectivity index is 2.01. The molecule has 0 atom stereocenters. The molecule has 1 aliphatic rings. The highest BCUT2D eigenvalue weighted by Gasteiger charge is 2.27. The predicted molar refractivity (Wildman–Crippen MR) is 72.6 cm³/mol. The number of nitrogen functional groups attached to an aromatic ring is 1. The molecule has 0 saturated heterocycles. The van der Waals surface area contributed by atoms with Gasteiger partial charge in [0.25, 0.3) is 5.91 Å². The van der Waals surface area contributed by atoms with Crippen LogP contribution in [0.2, 0.25) is 0 Å². The molecule has 3 rings (SSSR count). The third kappa shape index (κ3) is 2.01. The van der Waals surface area contributed by atoms with Gasteiger partial charge in [0.1, 0.15) is 11.6 Å². The van der Waals surface area contributed by atoms with Crippen molar-refractivity contribution in [2.45, 2.75) is 6.42 Å². The largest absolute Gasteiger partial charge is 0.399 e.